The van der Waals surface area contributed by atoms with E-state index in [0.717, 1.165) is 0 Å². The molecule has 1 N–H and O–H groups in total. The summed E-state index contributed by atoms with van der Waals surface area (Å²) >= 11 is 0. The SMILES string of the molecule is CCO[Si](CCC(=N)N(C)C)(OCC)OCC. The van der Waals surface area contributed by atoms with E-state index in [1.807, 2.05) is 34.9 Å². The normalized spacial score (nSPS) is 11.6. The van der Waals surface area contributed by atoms with Crippen LogP contribution in [0.25, 0.3) is 0 Å². The predicted molar refractivity (Wildman–Crippen MR) is 71.5 cm³/mol. The molecule has 5 nitrogen and oxygen atoms in total. The van der Waals surface area contributed by atoms with Crippen LogP contribution in [0.4, 0.5) is 0 Å². The van der Waals surface area contributed by atoms with E-state index in [1.165, 1.54) is 0 Å². The lowest BCUT2D eigenvalue weighted by atomic mass is 10.4. The minimum absolute atomic E-state index is 0.570. The Bertz CT molecular complexity index is 208. The van der Waals surface area contributed by atoms with Gasteiger partial charge in [-0.3, -0.25) is 5.41 Å². The van der Waals surface area contributed by atoms with Gasteiger partial charge >= 0.3 is 8.80 Å². The summed E-state index contributed by atoms with van der Waals surface area (Å²) in [7, 11) is 1.17. The molecule has 0 bridgehead atoms. The fourth-order valence-electron chi connectivity index (χ4n) is 1.50. The topological polar surface area (TPSA) is 54.8 Å². The van der Waals surface area contributed by atoms with Crippen LogP contribution < -0.4 is 0 Å². The molecule has 0 heterocycles. The highest BCUT2D eigenvalue weighted by molar-refractivity contribution is 6.61. The first-order chi connectivity index (χ1) is 8.01. The lowest BCUT2D eigenvalue weighted by molar-refractivity contribution is 0.0717. The van der Waals surface area contributed by atoms with Gasteiger partial charge in [-0.15, -0.1) is 0 Å². The van der Waals surface area contributed by atoms with Crippen LogP contribution in [0.5, 0.6) is 0 Å². The lowest BCUT2D eigenvalue weighted by Gasteiger charge is -2.29. The average molecular weight is 262 g/mol. The molecule has 0 aromatic carbocycles. The summed E-state index contributed by atoms with van der Waals surface area (Å²) < 4.78 is 17.2. The smallest absolute Gasteiger partial charge is 0.374 e. The standard InChI is InChI=1S/C11H26N2O3Si/c1-6-14-17(15-7-2,16-8-3)10-9-11(12)13(4)5/h12H,6-10H2,1-5H3. The largest absolute Gasteiger partial charge is 0.501 e. The van der Waals surface area contributed by atoms with Crippen molar-refractivity contribution in [1.29, 1.82) is 5.41 Å². The third kappa shape index (κ3) is 6.16. The molecule has 0 aliphatic carbocycles. The molecule has 102 valence electrons. The first kappa shape index (κ1) is 16.6. The Balaban J connectivity index is 4.48. The summed E-state index contributed by atoms with van der Waals surface area (Å²) in [6.45, 7) is 7.58. The van der Waals surface area contributed by atoms with Gasteiger partial charge < -0.3 is 18.2 Å². The summed E-state index contributed by atoms with van der Waals surface area (Å²) in [6, 6.07) is 0.666. The van der Waals surface area contributed by atoms with Crippen LogP contribution in [0.15, 0.2) is 0 Å². The van der Waals surface area contributed by atoms with Gasteiger partial charge in [0.05, 0.1) is 5.84 Å². The van der Waals surface area contributed by atoms with Gasteiger partial charge in [0.2, 0.25) is 0 Å². The van der Waals surface area contributed by atoms with Crippen LogP contribution in [-0.4, -0.2) is 53.5 Å². The van der Waals surface area contributed by atoms with E-state index in [4.69, 9.17) is 18.7 Å². The summed E-state index contributed by atoms with van der Waals surface area (Å²) in [5.74, 6) is 0.570. The van der Waals surface area contributed by atoms with Crippen molar-refractivity contribution in [2.45, 2.75) is 33.2 Å². The maximum atomic E-state index is 7.80. The van der Waals surface area contributed by atoms with Gasteiger partial charge in [-0.2, -0.15) is 0 Å². The highest BCUT2D eigenvalue weighted by atomic mass is 28.4. The van der Waals surface area contributed by atoms with Crippen LogP contribution in [0, 0.1) is 5.41 Å². The molecule has 0 amide bonds. The number of rotatable bonds is 9. The second kappa shape index (κ2) is 8.63. The van der Waals surface area contributed by atoms with Crippen molar-refractivity contribution in [3.8, 4) is 0 Å². The highest BCUT2D eigenvalue weighted by Crippen LogP contribution is 2.18. The molecular weight excluding hydrogens is 236 g/mol. The molecule has 0 rings (SSSR count). The first-order valence-electron chi connectivity index (χ1n) is 6.17. The molecule has 17 heavy (non-hydrogen) atoms. The summed E-state index contributed by atoms with van der Waals surface area (Å²) in [5.41, 5.74) is 0. The first-order valence-corrected chi connectivity index (χ1v) is 8.11. The summed E-state index contributed by atoms with van der Waals surface area (Å²) in [6.07, 6.45) is 0.624. The van der Waals surface area contributed by atoms with E-state index in [2.05, 4.69) is 0 Å². The maximum absolute atomic E-state index is 7.80. The number of hydrogen-bond donors (Lipinski definition) is 1. The lowest BCUT2D eigenvalue weighted by Crippen LogP contribution is -2.46. The molecule has 0 saturated heterocycles. The molecule has 0 fully saturated rings. The van der Waals surface area contributed by atoms with Crippen molar-refractivity contribution in [2.75, 3.05) is 33.9 Å². The number of amidine groups is 1. The maximum Gasteiger partial charge on any atom is 0.501 e. The number of nitrogens with zero attached hydrogens (tertiary/aromatic N) is 1. The minimum atomic E-state index is -2.57. The molecule has 0 aromatic rings. The third-order valence-electron chi connectivity index (χ3n) is 2.30. The monoisotopic (exact) mass is 262 g/mol. The Morgan fingerprint density at radius 2 is 1.41 bits per heavy atom. The summed E-state index contributed by atoms with van der Waals surface area (Å²) in [5, 5.41) is 7.80. The van der Waals surface area contributed by atoms with Crippen LogP contribution in [0.1, 0.15) is 27.2 Å². The van der Waals surface area contributed by atoms with Gasteiger partial charge in [-0.1, -0.05) is 0 Å². The molecular formula is C11H26N2O3Si. The second-order valence-electron chi connectivity index (χ2n) is 3.82. The zero-order valence-electron chi connectivity index (χ0n) is 11.7. The number of nitrogens with one attached hydrogen (secondary N) is 1. The van der Waals surface area contributed by atoms with Crippen LogP contribution in [0.2, 0.25) is 6.04 Å². The van der Waals surface area contributed by atoms with Gasteiger partial charge in [0.1, 0.15) is 0 Å². The average Bonchev–Trinajstić information content (AvgIpc) is 2.27. The molecule has 6 heteroatoms. The number of hydrogen-bond acceptors (Lipinski definition) is 4. The van der Waals surface area contributed by atoms with Crippen LogP contribution in [0.3, 0.4) is 0 Å². The van der Waals surface area contributed by atoms with E-state index in [0.29, 0.717) is 38.1 Å². The van der Waals surface area contributed by atoms with Gasteiger partial charge in [-0.25, -0.2) is 0 Å². The van der Waals surface area contributed by atoms with Crippen LogP contribution >= 0.6 is 0 Å². The fourth-order valence-corrected chi connectivity index (χ4v) is 4.04. The van der Waals surface area contributed by atoms with E-state index >= 15 is 0 Å². The van der Waals surface area contributed by atoms with Crippen molar-refractivity contribution in [2.24, 2.45) is 0 Å². The minimum Gasteiger partial charge on any atom is -0.374 e. The Kier molecular flexibility index (Phi) is 8.41. The van der Waals surface area contributed by atoms with Crippen LogP contribution in [-0.2, 0) is 13.3 Å². The van der Waals surface area contributed by atoms with Crippen molar-refractivity contribution in [3.05, 3.63) is 0 Å². The molecule has 0 aliphatic heterocycles. The quantitative estimate of drug-likeness (QED) is 0.392. The molecule has 0 saturated carbocycles. The second-order valence-corrected chi connectivity index (χ2v) is 6.56. The molecule has 0 radical (unpaired) electrons. The van der Waals surface area contributed by atoms with E-state index < -0.39 is 8.80 Å². The van der Waals surface area contributed by atoms with Gasteiger partial charge in [0, 0.05) is 46.4 Å². The Morgan fingerprint density at radius 3 is 1.71 bits per heavy atom. The van der Waals surface area contributed by atoms with E-state index in [1.54, 1.807) is 4.90 Å². The van der Waals surface area contributed by atoms with E-state index in [9.17, 15) is 0 Å². The highest BCUT2D eigenvalue weighted by Gasteiger charge is 2.40. The molecule has 0 aromatic heterocycles. The molecule has 0 atom stereocenters. The Labute approximate surface area is 106 Å². The molecule has 0 unspecified atom stereocenters. The van der Waals surface area contributed by atoms with Gasteiger partial charge in [0.15, 0.2) is 0 Å². The molecule has 0 aliphatic rings. The van der Waals surface area contributed by atoms with Crippen molar-refractivity contribution < 1.29 is 13.3 Å². The van der Waals surface area contributed by atoms with Gasteiger partial charge in [0.25, 0.3) is 0 Å². The predicted octanol–water partition coefficient (Wildman–Crippen LogP) is 1.96. The Hall–Kier alpha value is -0.433. The van der Waals surface area contributed by atoms with Crippen molar-refractivity contribution in [1.82, 2.24) is 4.90 Å². The molecule has 0 spiro atoms. The zero-order valence-corrected chi connectivity index (χ0v) is 12.7. The third-order valence-corrected chi connectivity index (χ3v) is 5.35. The fraction of sp³-hybridized carbons (Fsp3) is 0.909. The zero-order chi connectivity index (χ0) is 13.3. The Morgan fingerprint density at radius 1 is 1.00 bits per heavy atom. The summed E-state index contributed by atoms with van der Waals surface area (Å²) in [4.78, 5) is 1.79. The van der Waals surface area contributed by atoms with Crippen molar-refractivity contribution >= 4 is 14.6 Å². The van der Waals surface area contributed by atoms with E-state index in [-0.39, 0.29) is 0 Å². The van der Waals surface area contributed by atoms with Gasteiger partial charge in [-0.05, 0) is 20.8 Å². The van der Waals surface area contributed by atoms with Crippen molar-refractivity contribution in [3.63, 3.8) is 0 Å².